The predicted molar refractivity (Wildman–Crippen MR) is 120 cm³/mol. The molecule has 2 fully saturated rings. The third-order valence-electron chi connectivity index (χ3n) is 6.10. The summed E-state index contributed by atoms with van der Waals surface area (Å²) < 4.78 is 52.7. The molecule has 1 aromatic heterocycles. The first-order valence-electron chi connectivity index (χ1n) is 11.1. The SMILES string of the molecule is Cc1noc(C=Cc2ccccc2F)c1S(=O)(=O)N1CCC(C(=O)NCC2CCCO2)CC1. The van der Waals surface area contributed by atoms with Gasteiger partial charge in [-0.15, -0.1) is 0 Å². The molecule has 33 heavy (non-hydrogen) atoms. The second-order valence-electron chi connectivity index (χ2n) is 8.37. The molecule has 3 heterocycles. The Morgan fingerprint density at radius 1 is 1.24 bits per heavy atom. The zero-order chi connectivity index (χ0) is 23.4. The lowest BCUT2D eigenvalue weighted by molar-refractivity contribution is -0.126. The van der Waals surface area contributed by atoms with Crippen molar-refractivity contribution in [2.45, 2.75) is 43.6 Å². The number of aryl methyl sites for hydroxylation is 1. The van der Waals surface area contributed by atoms with Crippen LogP contribution in [0.3, 0.4) is 0 Å². The van der Waals surface area contributed by atoms with Gasteiger partial charge in [0.25, 0.3) is 0 Å². The number of rotatable bonds is 7. The fraction of sp³-hybridized carbons (Fsp3) is 0.478. The molecule has 0 radical (unpaired) electrons. The van der Waals surface area contributed by atoms with Gasteiger partial charge in [-0.3, -0.25) is 4.79 Å². The molecule has 178 valence electrons. The Morgan fingerprint density at radius 2 is 2.00 bits per heavy atom. The van der Waals surface area contributed by atoms with Crippen molar-refractivity contribution >= 4 is 28.1 Å². The van der Waals surface area contributed by atoms with Crippen molar-refractivity contribution in [1.29, 1.82) is 0 Å². The fourth-order valence-corrected chi connectivity index (χ4v) is 5.95. The number of ether oxygens (including phenoxy) is 1. The highest BCUT2D eigenvalue weighted by Gasteiger charge is 2.36. The largest absolute Gasteiger partial charge is 0.376 e. The standard InChI is InChI=1S/C23H28FN3O5S/c1-16-22(21(32-26-16)9-8-17-5-2-3-7-20(17)24)33(29,30)27-12-10-18(11-13-27)23(28)25-15-19-6-4-14-31-19/h2-3,5,7-9,18-19H,4,6,10-15H2,1H3,(H,25,28). The third-order valence-corrected chi connectivity index (χ3v) is 8.16. The Balaban J connectivity index is 1.41. The van der Waals surface area contributed by atoms with E-state index in [0.717, 1.165) is 19.4 Å². The minimum absolute atomic E-state index is 0.0311. The summed E-state index contributed by atoms with van der Waals surface area (Å²) in [7, 11) is -3.89. The molecular weight excluding hydrogens is 449 g/mol. The number of carbonyl (C=O) groups excluding carboxylic acids is 1. The minimum Gasteiger partial charge on any atom is -0.376 e. The van der Waals surface area contributed by atoms with Gasteiger partial charge in [0, 0.05) is 37.7 Å². The van der Waals surface area contributed by atoms with Crippen molar-refractivity contribution in [2.24, 2.45) is 5.92 Å². The van der Waals surface area contributed by atoms with Crippen molar-refractivity contribution in [3.05, 3.63) is 47.1 Å². The summed E-state index contributed by atoms with van der Waals surface area (Å²) in [4.78, 5) is 12.5. The molecule has 4 rings (SSSR count). The van der Waals surface area contributed by atoms with E-state index in [0.29, 0.717) is 24.9 Å². The molecule has 1 aromatic carbocycles. The van der Waals surface area contributed by atoms with Crippen molar-refractivity contribution in [1.82, 2.24) is 14.8 Å². The van der Waals surface area contributed by atoms with Gasteiger partial charge < -0.3 is 14.6 Å². The zero-order valence-electron chi connectivity index (χ0n) is 18.5. The van der Waals surface area contributed by atoms with E-state index in [1.54, 1.807) is 25.1 Å². The highest BCUT2D eigenvalue weighted by atomic mass is 32.2. The number of sulfonamides is 1. The first-order chi connectivity index (χ1) is 15.9. The molecule has 10 heteroatoms. The number of halogens is 1. The number of piperidine rings is 1. The number of hydrogen-bond acceptors (Lipinski definition) is 6. The van der Waals surface area contributed by atoms with Crippen LogP contribution >= 0.6 is 0 Å². The number of aromatic nitrogens is 1. The molecule has 1 unspecified atom stereocenters. The highest BCUT2D eigenvalue weighted by molar-refractivity contribution is 7.89. The number of hydrogen-bond donors (Lipinski definition) is 1. The molecule has 2 aliphatic heterocycles. The molecule has 8 nitrogen and oxygen atoms in total. The van der Waals surface area contributed by atoms with E-state index >= 15 is 0 Å². The van der Waals surface area contributed by atoms with E-state index in [4.69, 9.17) is 9.26 Å². The first-order valence-corrected chi connectivity index (χ1v) is 12.6. The number of carbonyl (C=O) groups is 1. The van der Waals surface area contributed by atoms with Crippen LogP contribution in [-0.4, -0.2) is 56.1 Å². The van der Waals surface area contributed by atoms with E-state index in [9.17, 15) is 17.6 Å². The summed E-state index contributed by atoms with van der Waals surface area (Å²) in [6.45, 7) is 3.23. The Labute approximate surface area is 192 Å². The number of nitrogens with one attached hydrogen (secondary N) is 1. The monoisotopic (exact) mass is 477 g/mol. The Morgan fingerprint density at radius 3 is 2.70 bits per heavy atom. The molecule has 2 aromatic rings. The highest BCUT2D eigenvalue weighted by Crippen LogP contribution is 2.29. The lowest BCUT2D eigenvalue weighted by atomic mass is 9.97. The van der Waals surface area contributed by atoms with Crippen LogP contribution in [0.5, 0.6) is 0 Å². The van der Waals surface area contributed by atoms with Crippen LogP contribution in [0.15, 0.2) is 33.7 Å². The average Bonchev–Trinajstić information content (AvgIpc) is 3.47. The van der Waals surface area contributed by atoms with Gasteiger partial charge in [-0.1, -0.05) is 23.4 Å². The van der Waals surface area contributed by atoms with Crippen LogP contribution in [0.2, 0.25) is 0 Å². The molecule has 0 bridgehead atoms. The van der Waals surface area contributed by atoms with Gasteiger partial charge in [0.15, 0.2) is 10.7 Å². The normalized spacial score (nSPS) is 20.5. The smallest absolute Gasteiger partial charge is 0.248 e. The van der Waals surface area contributed by atoms with E-state index in [1.165, 1.54) is 22.5 Å². The van der Waals surface area contributed by atoms with Gasteiger partial charge in [-0.2, -0.15) is 4.31 Å². The van der Waals surface area contributed by atoms with Crippen molar-refractivity contribution in [3.63, 3.8) is 0 Å². The summed E-state index contributed by atoms with van der Waals surface area (Å²) in [6, 6.07) is 6.17. The van der Waals surface area contributed by atoms with E-state index in [-0.39, 0.29) is 47.4 Å². The maximum atomic E-state index is 13.9. The lowest BCUT2D eigenvalue weighted by Crippen LogP contribution is -2.44. The van der Waals surface area contributed by atoms with E-state index < -0.39 is 15.8 Å². The quantitative estimate of drug-likeness (QED) is 0.658. The molecule has 2 aliphatic rings. The molecule has 1 N–H and O–H groups in total. The van der Waals surface area contributed by atoms with Gasteiger partial charge in [0.1, 0.15) is 11.5 Å². The third kappa shape index (κ3) is 5.34. The van der Waals surface area contributed by atoms with Crippen LogP contribution in [0.25, 0.3) is 12.2 Å². The lowest BCUT2D eigenvalue weighted by Gasteiger charge is -2.30. The maximum absolute atomic E-state index is 13.9. The molecule has 2 saturated heterocycles. The fourth-order valence-electron chi connectivity index (χ4n) is 4.23. The molecule has 0 spiro atoms. The molecule has 0 aliphatic carbocycles. The van der Waals surface area contributed by atoms with E-state index in [1.807, 2.05) is 0 Å². The molecular formula is C23H28FN3O5S. The molecule has 1 atom stereocenters. The second kappa shape index (κ2) is 10.1. The summed E-state index contributed by atoms with van der Waals surface area (Å²) in [6.07, 6.45) is 5.76. The Hall–Kier alpha value is -2.56. The zero-order valence-corrected chi connectivity index (χ0v) is 19.3. The van der Waals surface area contributed by atoms with Gasteiger partial charge >= 0.3 is 0 Å². The number of nitrogens with zero attached hydrogens (tertiary/aromatic N) is 2. The van der Waals surface area contributed by atoms with Crippen LogP contribution in [0, 0.1) is 18.7 Å². The van der Waals surface area contributed by atoms with Gasteiger partial charge in [0.2, 0.25) is 15.9 Å². The van der Waals surface area contributed by atoms with E-state index in [2.05, 4.69) is 10.5 Å². The Kier molecular flexibility index (Phi) is 7.26. The summed E-state index contributed by atoms with van der Waals surface area (Å²) in [5.41, 5.74) is 0.546. The van der Waals surface area contributed by atoms with Crippen molar-refractivity contribution in [3.8, 4) is 0 Å². The minimum atomic E-state index is -3.89. The topological polar surface area (TPSA) is 102 Å². The average molecular weight is 478 g/mol. The second-order valence-corrected chi connectivity index (χ2v) is 10.2. The van der Waals surface area contributed by atoms with Gasteiger partial charge in [-0.25, -0.2) is 12.8 Å². The summed E-state index contributed by atoms with van der Waals surface area (Å²) >= 11 is 0. The van der Waals surface area contributed by atoms with Crippen molar-refractivity contribution < 1.29 is 26.9 Å². The number of benzene rings is 1. The number of amides is 1. The van der Waals surface area contributed by atoms with Crippen LogP contribution < -0.4 is 5.32 Å². The first kappa shape index (κ1) is 23.6. The molecule has 1 amide bonds. The maximum Gasteiger partial charge on any atom is 0.248 e. The summed E-state index contributed by atoms with van der Waals surface area (Å²) in [5, 5.41) is 6.75. The summed E-state index contributed by atoms with van der Waals surface area (Å²) in [5.74, 6) is -0.666. The van der Waals surface area contributed by atoms with Gasteiger partial charge in [-0.05, 0) is 50.8 Å². The van der Waals surface area contributed by atoms with Crippen LogP contribution in [0.1, 0.15) is 42.7 Å². The van der Waals surface area contributed by atoms with Crippen LogP contribution in [-0.2, 0) is 19.6 Å². The van der Waals surface area contributed by atoms with Gasteiger partial charge in [0.05, 0.1) is 6.10 Å². The van der Waals surface area contributed by atoms with Crippen molar-refractivity contribution in [2.75, 3.05) is 26.2 Å². The Bertz CT molecular complexity index is 1120. The molecule has 0 saturated carbocycles. The predicted octanol–water partition coefficient (Wildman–Crippen LogP) is 2.99. The van der Waals surface area contributed by atoms with Crippen LogP contribution in [0.4, 0.5) is 4.39 Å².